The van der Waals surface area contributed by atoms with E-state index in [9.17, 15) is 9.59 Å². The van der Waals surface area contributed by atoms with Gasteiger partial charge < -0.3 is 24.3 Å². The number of aryl methyl sites for hydroxylation is 1. The van der Waals surface area contributed by atoms with Crippen molar-refractivity contribution in [1.29, 1.82) is 0 Å². The molecule has 2 heterocycles. The highest BCUT2D eigenvalue weighted by atomic mass is 32.2. The number of nitrogens with zero attached hydrogens (tertiary/aromatic N) is 1. The molecule has 4 rings (SSSR count). The summed E-state index contributed by atoms with van der Waals surface area (Å²) in [6, 6.07) is 14.1. The van der Waals surface area contributed by atoms with E-state index in [-0.39, 0.29) is 18.3 Å². The minimum Gasteiger partial charge on any atom is -0.493 e. The standard InChI is InChI=1S/C25H22N2O6S/c1-14-5-4-6-18(15(14)2)26-25-27-23(28)22(34-25)12-16-7-9-19(21(11-16)31-3)32-13-17-8-10-20(33-17)24(29)30/h4-12H,13H2,1-3H3,(H,29,30)(H,26,27,28)/b22-12-. The Kier molecular flexibility index (Phi) is 6.74. The molecular formula is C25H22N2O6S. The number of rotatable bonds is 7. The van der Waals surface area contributed by atoms with Gasteiger partial charge in [0.05, 0.1) is 17.7 Å². The van der Waals surface area contributed by atoms with Crippen LogP contribution in [0.25, 0.3) is 6.08 Å². The minimum atomic E-state index is -1.14. The number of carboxylic acids is 1. The Morgan fingerprint density at radius 2 is 2.00 bits per heavy atom. The summed E-state index contributed by atoms with van der Waals surface area (Å²) in [6.07, 6.45) is 1.75. The zero-order chi connectivity index (χ0) is 24.2. The van der Waals surface area contributed by atoms with Crippen molar-refractivity contribution in [3.05, 3.63) is 81.6 Å². The summed E-state index contributed by atoms with van der Waals surface area (Å²) in [4.78, 5) is 28.5. The highest BCUT2D eigenvalue weighted by Gasteiger charge is 2.24. The first-order valence-corrected chi connectivity index (χ1v) is 11.1. The monoisotopic (exact) mass is 478 g/mol. The van der Waals surface area contributed by atoms with Crippen LogP contribution in [0.1, 0.15) is 33.0 Å². The molecule has 9 heteroatoms. The lowest BCUT2D eigenvalue weighted by Gasteiger charge is -2.10. The number of ether oxygens (including phenoxy) is 2. The highest BCUT2D eigenvalue weighted by Crippen LogP contribution is 2.33. The first-order valence-electron chi connectivity index (χ1n) is 10.3. The Labute approximate surface area is 200 Å². The van der Waals surface area contributed by atoms with Crippen LogP contribution in [0, 0.1) is 13.8 Å². The van der Waals surface area contributed by atoms with Gasteiger partial charge in [0.2, 0.25) is 5.76 Å². The topological polar surface area (TPSA) is 110 Å². The summed E-state index contributed by atoms with van der Waals surface area (Å²) in [5.41, 5.74) is 3.77. The van der Waals surface area contributed by atoms with Crippen molar-refractivity contribution in [2.45, 2.75) is 20.5 Å². The van der Waals surface area contributed by atoms with Gasteiger partial charge in [0.25, 0.3) is 5.91 Å². The molecule has 1 aliphatic rings. The van der Waals surface area contributed by atoms with Crippen LogP contribution in [0.2, 0.25) is 0 Å². The number of furan rings is 1. The van der Waals surface area contributed by atoms with Crippen molar-refractivity contribution < 1.29 is 28.6 Å². The smallest absolute Gasteiger partial charge is 0.371 e. The number of aromatic carboxylic acids is 1. The van der Waals surface area contributed by atoms with Crippen LogP contribution in [0.3, 0.4) is 0 Å². The molecule has 0 aliphatic carbocycles. The van der Waals surface area contributed by atoms with E-state index in [2.05, 4.69) is 10.3 Å². The molecule has 0 unspecified atom stereocenters. The largest absolute Gasteiger partial charge is 0.493 e. The Balaban J connectivity index is 1.49. The first-order chi connectivity index (χ1) is 16.3. The number of hydrogen-bond donors (Lipinski definition) is 2. The summed E-state index contributed by atoms with van der Waals surface area (Å²) in [6.45, 7) is 4.06. The van der Waals surface area contributed by atoms with E-state index in [1.807, 2.05) is 32.0 Å². The number of methoxy groups -OCH3 is 1. The molecule has 0 spiro atoms. The lowest BCUT2D eigenvalue weighted by atomic mass is 10.1. The maximum atomic E-state index is 12.5. The average Bonchev–Trinajstić information content (AvgIpc) is 3.42. The van der Waals surface area contributed by atoms with Crippen molar-refractivity contribution >= 4 is 40.6 Å². The molecule has 34 heavy (non-hydrogen) atoms. The van der Waals surface area contributed by atoms with Gasteiger partial charge in [0, 0.05) is 0 Å². The molecule has 1 saturated heterocycles. The van der Waals surface area contributed by atoms with E-state index in [0.29, 0.717) is 27.3 Å². The molecule has 1 aliphatic heterocycles. The zero-order valence-electron chi connectivity index (χ0n) is 18.7. The Hall–Kier alpha value is -3.98. The summed E-state index contributed by atoms with van der Waals surface area (Å²) < 4.78 is 16.3. The maximum absolute atomic E-state index is 12.5. The van der Waals surface area contributed by atoms with E-state index in [4.69, 9.17) is 19.0 Å². The fourth-order valence-corrected chi connectivity index (χ4v) is 4.05. The lowest BCUT2D eigenvalue weighted by molar-refractivity contribution is -0.115. The fraction of sp³-hybridized carbons (Fsp3) is 0.160. The predicted octanol–water partition coefficient (Wildman–Crippen LogP) is 5.07. The number of carbonyl (C=O) groups is 2. The predicted molar refractivity (Wildman–Crippen MR) is 130 cm³/mol. The fourth-order valence-electron chi connectivity index (χ4n) is 3.21. The third-order valence-corrected chi connectivity index (χ3v) is 6.09. The van der Waals surface area contributed by atoms with Crippen molar-refractivity contribution in [3.63, 3.8) is 0 Å². The van der Waals surface area contributed by atoms with Crippen LogP contribution < -0.4 is 14.8 Å². The van der Waals surface area contributed by atoms with Crippen LogP contribution >= 0.6 is 11.8 Å². The van der Waals surface area contributed by atoms with Gasteiger partial charge in [0.1, 0.15) is 12.4 Å². The zero-order valence-corrected chi connectivity index (χ0v) is 19.6. The molecule has 2 N–H and O–H groups in total. The number of hydrogen-bond acceptors (Lipinski definition) is 7. The minimum absolute atomic E-state index is 0.0422. The number of carboxylic acid groups (broad SMARTS) is 1. The third kappa shape index (κ3) is 5.15. The number of thioether (sulfide) groups is 1. The van der Waals surface area contributed by atoms with Gasteiger partial charge in [-0.15, -0.1) is 0 Å². The molecule has 0 atom stereocenters. The number of carbonyl (C=O) groups excluding carboxylic acids is 1. The molecule has 1 amide bonds. The van der Waals surface area contributed by atoms with Crippen molar-refractivity contribution in [2.24, 2.45) is 4.99 Å². The normalized spacial score (nSPS) is 15.6. The van der Waals surface area contributed by atoms with Gasteiger partial charge in [-0.2, -0.15) is 0 Å². The second kappa shape index (κ2) is 9.88. The Morgan fingerprint density at radius 1 is 1.18 bits per heavy atom. The van der Waals surface area contributed by atoms with Gasteiger partial charge in [-0.05, 0) is 78.7 Å². The molecule has 0 saturated carbocycles. The maximum Gasteiger partial charge on any atom is 0.371 e. The molecule has 3 aromatic rings. The Bertz CT molecular complexity index is 1320. The number of nitrogens with one attached hydrogen (secondary N) is 1. The Morgan fingerprint density at radius 3 is 2.74 bits per heavy atom. The summed E-state index contributed by atoms with van der Waals surface area (Å²) in [5, 5.41) is 12.3. The number of amidine groups is 1. The molecule has 2 aromatic carbocycles. The van der Waals surface area contributed by atoms with Gasteiger partial charge in [-0.25, -0.2) is 9.79 Å². The van der Waals surface area contributed by atoms with Gasteiger partial charge in [0.15, 0.2) is 16.7 Å². The SMILES string of the molecule is COc1cc(/C=C2\SC(=Nc3cccc(C)c3C)NC2=O)ccc1OCc1ccc(C(=O)O)o1. The quantitative estimate of drug-likeness (QED) is 0.456. The van der Waals surface area contributed by atoms with Gasteiger partial charge in [-0.1, -0.05) is 18.2 Å². The second-order valence-electron chi connectivity index (χ2n) is 7.47. The number of amides is 1. The van der Waals surface area contributed by atoms with E-state index in [1.54, 1.807) is 30.3 Å². The van der Waals surface area contributed by atoms with Crippen molar-refractivity contribution in [3.8, 4) is 11.5 Å². The van der Waals surface area contributed by atoms with E-state index in [1.165, 1.54) is 24.9 Å². The van der Waals surface area contributed by atoms with Crippen molar-refractivity contribution in [1.82, 2.24) is 5.32 Å². The summed E-state index contributed by atoms with van der Waals surface area (Å²) >= 11 is 1.27. The molecular weight excluding hydrogens is 456 g/mol. The van der Waals surface area contributed by atoms with E-state index in [0.717, 1.165) is 22.4 Å². The van der Waals surface area contributed by atoms with Crippen LogP contribution in [0.15, 0.2) is 62.8 Å². The van der Waals surface area contributed by atoms with Crippen LogP contribution in [-0.2, 0) is 11.4 Å². The summed E-state index contributed by atoms with van der Waals surface area (Å²) in [5.74, 6) is -0.219. The molecule has 0 radical (unpaired) electrons. The van der Waals surface area contributed by atoms with Crippen molar-refractivity contribution in [2.75, 3.05) is 7.11 Å². The lowest BCUT2D eigenvalue weighted by Crippen LogP contribution is -2.19. The molecule has 1 aromatic heterocycles. The van der Waals surface area contributed by atoms with Gasteiger partial charge >= 0.3 is 5.97 Å². The number of aliphatic imine (C=N–C) groups is 1. The first kappa shape index (κ1) is 23.2. The average molecular weight is 479 g/mol. The van der Waals surface area contributed by atoms with Crippen LogP contribution in [0.4, 0.5) is 5.69 Å². The molecule has 1 fully saturated rings. The molecule has 174 valence electrons. The van der Waals surface area contributed by atoms with Gasteiger partial charge in [-0.3, -0.25) is 4.79 Å². The summed E-state index contributed by atoms with van der Waals surface area (Å²) in [7, 11) is 1.51. The molecule has 8 nitrogen and oxygen atoms in total. The van der Waals surface area contributed by atoms with Crippen LogP contribution in [-0.4, -0.2) is 29.3 Å². The third-order valence-electron chi connectivity index (χ3n) is 5.18. The molecule has 0 bridgehead atoms. The second-order valence-corrected chi connectivity index (χ2v) is 8.50. The highest BCUT2D eigenvalue weighted by molar-refractivity contribution is 8.18. The van der Waals surface area contributed by atoms with E-state index < -0.39 is 5.97 Å². The van der Waals surface area contributed by atoms with E-state index >= 15 is 0 Å². The van der Waals surface area contributed by atoms with Crippen LogP contribution in [0.5, 0.6) is 11.5 Å². The number of benzene rings is 2.